The lowest BCUT2D eigenvalue weighted by Gasteiger charge is -2.11. The maximum atomic E-state index is 5.27. The van der Waals surface area contributed by atoms with Crippen LogP contribution in [0.25, 0.3) is 33.6 Å². The summed E-state index contributed by atoms with van der Waals surface area (Å²) in [5, 5.41) is 9.07. The number of nitrogens with zero attached hydrogens (tertiary/aromatic N) is 2. The van der Waals surface area contributed by atoms with Crippen molar-refractivity contribution in [2.24, 2.45) is 0 Å². The lowest BCUT2D eigenvalue weighted by atomic mass is 9.98. The first-order chi connectivity index (χ1) is 13.8. The van der Waals surface area contributed by atoms with Crippen LogP contribution in [0.3, 0.4) is 0 Å². The minimum absolute atomic E-state index is 0.813. The van der Waals surface area contributed by atoms with Crippen molar-refractivity contribution in [3.63, 3.8) is 0 Å². The van der Waals surface area contributed by atoms with Gasteiger partial charge in [0.1, 0.15) is 17.2 Å². The predicted octanol–water partition coefficient (Wildman–Crippen LogP) is 5.49. The molecule has 0 radical (unpaired) electrons. The van der Waals surface area contributed by atoms with E-state index in [0.29, 0.717) is 0 Å². The second-order valence-corrected chi connectivity index (χ2v) is 6.31. The summed E-state index contributed by atoms with van der Waals surface area (Å²) in [5.41, 5.74) is 5.77. The van der Waals surface area contributed by atoms with E-state index in [9.17, 15) is 0 Å². The van der Waals surface area contributed by atoms with Crippen LogP contribution in [0.4, 0.5) is 0 Å². The lowest BCUT2D eigenvalue weighted by Crippen LogP contribution is -1.96. The van der Waals surface area contributed by atoms with Gasteiger partial charge in [0.05, 0.1) is 19.9 Å². The predicted molar refractivity (Wildman–Crippen MR) is 111 cm³/mol. The third kappa shape index (κ3) is 3.58. The normalized spacial score (nSPS) is 10.5. The number of aromatic nitrogens is 2. The van der Waals surface area contributed by atoms with E-state index in [4.69, 9.17) is 9.47 Å². The molecular weight excluding hydrogens is 348 g/mol. The van der Waals surface area contributed by atoms with Crippen molar-refractivity contribution < 1.29 is 9.47 Å². The monoisotopic (exact) mass is 368 g/mol. The van der Waals surface area contributed by atoms with E-state index in [1.54, 1.807) is 14.2 Å². The smallest absolute Gasteiger partial charge is 0.118 e. The molecule has 0 amide bonds. The summed E-state index contributed by atoms with van der Waals surface area (Å²) in [6.45, 7) is 0. The summed E-state index contributed by atoms with van der Waals surface area (Å²) < 4.78 is 10.5. The number of hydrogen-bond donors (Lipinski definition) is 0. The second kappa shape index (κ2) is 7.92. The Hall–Kier alpha value is -3.66. The van der Waals surface area contributed by atoms with E-state index in [-0.39, 0.29) is 0 Å². The fourth-order valence-corrected chi connectivity index (χ4v) is 3.09. The van der Waals surface area contributed by atoms with E-state index >= 15 is 0 Å². The SMILES string of the molecule is COc1ccc(-c2cc(-c3ccccc3)c(-c3ccc(OC)cc3)nn2)cc1. The first-order valence-electron chi connectivity index (χ1n) is 9.00. The van der Waals surface area contributed by atoms with Crippen LogP contribution in [0.5, 0.6) is 11.5 Å². The van der Waals surface area contributed by atoms with Gasteiger partial charge in [0, 0.05) is 16.7 Å². The Balaban J connectivity index is 1.83. The highest BCUT2D eigenvalue weighted by Gasteiger charge is 2.13. The summed E-state index contributed by atoms with van der Waals surface area (Å²) in [6.07, 6.45) is 0. The summed E-state index contributed by atoms with van der Waals surface area (Å²) in [4.78, 5) is 0. The van der Waals surface area contributed by atoms with Gasteiger partial charge in [-0.3, -0.25) is 0 Å². The zero-order valence-electron chi connectivity index (χ0n) is 15.8. The first kappa shape index (κ1) is 17.7. The van der Waals surface area contributed by atoms with Crippen LogP contribution in [-0.2, 0) is 0 Å². The molecule has 28 heavy (non-hydrogen) atoms. The van der Waals surface area contributed by atoms with Gasteiger partial charge in [0.15, 0.2) is 0 Å². The molecule has 0 aliphatic carbocycles. The number of ether oxygens (including phenoxy) is 2. The Morgan fingerprint density at radius 1 is 0.571 bits per heavy atom. The zero-order valence-corrected chi connectivity index (χ0v) is 15.8. The van der Waals surface area contributed by atoms with Crippen molar-refractivity contribution in [3.05, 3.63) is 84.9 Å². The molecule has 0 saturated carbocycles. The molecule has 3 aromatic carbocycles. The average molecular weight is 368 g/mol. The van der Waals surface area contributed by atoms with E-state index < -0.39 is 0 Å². The van der Waals surface area contributed by atoms with Gasteiger partial charge in [0.2, 0.25) is 0 Å². The van der Waals surface area contributed by atoms with Crippen LogP contribution >= 0.6 is 0 Å². The maximum Gasteiger partial charge on any atom is 0.118 e. The third-order valence-electron chi connectivity index (χ3n) is 4.63. The van der Waals surface area contributed by atoms with Crippen molar-refractivity contribution in [1.29, 1.82) is 0 Å². The molecule has 0 aliphatic heterocycles. The Kier molecular flexibility index (Phi) is 5.02. The van der Waals surface area contributed by atoms with Gasteiger partial charge >= 0.3 is 0 Å². The van der Waals surface area contributed by atoms with Gasteiger partial charge < -0.3 is 9.47 Å². The zero-order chi connectivity index (χ0) is 19.3. The highest BCUT2D eigenvalue weighted by atomic mass is 16.5. The van der Waals surface area contributed by atoms with Crippen molar-refractivity contribution in [1.82, 2.24) is 10.2 Å². The summed E-state index contributed by atoms with van der Waals surface area (Å²) >= 11 is 0. The first-order valence-corrected chi connectivity index (χ1v) is 9.00. The van der Waals surface area contributed by atoms with Gasteiger partial charge in [-0.05, 0) is 60.2 Å². The molecule has 0 aliphatic rings. The molecule has 0 bridgehead atoms. The quantitative estimate of drug-likeness (QED) is 0.467. The van der Waals surface area contributed by atoms with Crippen LogP contribution in [0.1, 0.15) is 0 Å². The molecule has 1 aromatic heterocycles. The number of benzene rings is 3. The van der Waals surface area contributed by atoms with E-state index in [0.717, 1.165) is 45.1 Å². The van der Waals surface area contributed by atoms with Gasteiger partial charge in [0.25, 0.3) is 0 Å². The second-order valence-electron chi connectivity index (χ2n) is 6.31. The molecule has 0 N–H and O–H groups in total. The van der Waals surface area contributed by atoms with Crippen molar-refractivity contribution in [2.45, 2.75) is 0 Å². The molecule has 0 atom stereocenters. The topological polar surface area (TPSA) is 44.2 Å². The standard InChI is InChI=1S/C24H20N2O2/c1-27-20-12-8-18(9-13-20)23-16-22(17-6-4-3-5-7-17)24(26-25-23)19-10-14-21(28-2)15-11-19/h3-16H,1-2H3. The van der Waals surface area contributed by atoms with Crippen LogP contribution in [0.2, 0.25) is 0 Å². The van der Waals surface area contributed by atoms with Gasteiger partial charge in [-0.2, -0.15) is 0 Å². The largest absolute Gasteiger partial charge is 0.497 e. The Labute approximate surface area is 164 Å². The highest BCUT2D eigenvalue weighted by molar-refractivity contribution is 5.83. The van der Waals surface area contributed by atoms with Crippen molar-refractivity contribution in [3.8, 4) is 45.1 Å². The van der Waals surface area contributed by atoms with Crippen molar-refractivity contribution in [2.75, 3.05) is 14.2 Å². The van der Waals surface area contributed by atoms with Gasteiger partial charge in [-0.1, -0.05) is 30.3 Å². The fourth-order valence-electron chi connectivity index (χ4n) is 3.09. The molecule has 1 heterocycles. The Morgan fingerprint density at radius 3 is 1.71 bits per heavy atom. The number of methoxy groups -OCH3 is 2. The maximum absolute atomic E-state index is 5.27. The number of hydrogen-bond acceptors (Lipinski definition) is 4. The molecule has 4 nitrogen and oxygen atoms in total. The van der Waals surface area contributed by atoms with Gasteiger partial charge in [-0.25, -0.2) is 0 Å². The summed E-state index contributed by atoms with van der Waals surface area (Å²) in [5.74, 6) is 1.63. The molecule has 138 valence electrons. The molecule has 4 aromatic rings. The molecule has 4 rings (SSSR count). The minimum atomic E-state index is 0.813. The van der Waals surface area contributed by atoms with Gasteiger partial charge in [-0.15, -0.1) is 10.2 Å². The molecule has 0 fully saturated rings. The van der Waals surface area contributed by atoms with E-state index in [1.807, 2.05) is 66.7 Å². The fraction of sp³-hybridized carbons (Fsp3) is 0.0833. The molecule has 0 unspecified atom stereocenters. The molecule has 4 heteroatoms. The molecule has 0 spiro atoms. The van der Waals surface area contributed by atoms with E-state index in [2.05, 4.69) is 28.4 Å². The Morgan fingerprint density at radius 2 is 1.14 bits per heavy atom. The third-order valence-corrected chi connectivity index (χ3v) is 4.63. The number of rotatable bonds is 5. The van der Waals surface area contributed by atoms with Crippen molar-refractivity contribution >= 4 is 0 Å². The highest BCUT2D eigenvalue weighted by Crippen LogP contribution is 2.33. The molecule has 0 saturated heterocycles. The van der Waals surface area contributed by atoms with Crippen LogP contribution in [0, 0.1) is 0 Å². The van der Waals surface area contributed by atoms with Crippen LogP contribution in [-0.4, -0.2) is 24.4 Å². The minimum Gasteiger partial charge on any atom is -0.497 e. The Bertz CT molecular complexity index is 1060. The van der Waals surface area contributed by atoms with E-state index in [1.165, 1.54) is 0 Å². The lowest BCUT2D eigenvalue weighted by molar-refractivity contribution is 0.414. The van der Waals surface area contributed by atoms with Crippen LogP contribution in [0.15, 0.2) is 84.9 Å². The molecular formula is C24H20N2O2. The summed E-state index contributed by atoms with van der Waals surface area (Å²) in [6, 6.07) is 28.0. The van der Waals surface area contributed by atoms with Crippen LogP contribution < -0.4 is 9.47 Å². The average Bonchev–Trinajstić information content (AvgIpc) is 2.79. The summed E-state index contributed by atoms with van der Waals surface area (Å²) in [7, 11) is 3.32.